The summed E-state index contributed by atoms with van der Waals surface area (Å²) in [6.07, 6.45) is 1.25. The van der Waals surface area contributed by atoms with Crippen LogP contribution in [0.25, 0.3) is 0 Å². The Hall–Kier alpha value is -0.810. The maximum absolute atomic E-state index is 11.5. The van der Waals surface area contributed by atoms with E-state index in [2.05, 4.69) is 5.32 Å². The van der Waals surface area contributed by atoms with Crippen molar-refractivity contribution in [3.05, 3.63) is 0 Å². The van der Waals surface area contributed by atoms with Crippen LogP contribution in [0.3, 0.4) is 0 Å². The fourth-order valence-electron chi connectivity index (χ4n) is 1.82. The summed E-state index contributed by atoms with van der Waals surface area (Å²) in [4.78, 5) is 11.5. The normalized spacial score (nSPS) is 22.2. The van der Waals surface area contributed by atoms with Gasteiger partial charge in [-0.1, -0.05) is 0 Å². The van der Waals surface area contributed by atoms with Crippen LogP contribution in [0.15, 0.2) is 0 Å². The lowest BCUT2D eigenvalue weighted by Gasteiger charge is -2.23. The number of amides is 1. The Kier molecular flexibility index (Phi) is 5.21. The number of hydrogen-bond acceptors (Lipinski definition) is 4. The van der Waals surface area contributed by atoms with Crippen molar-refractivity contribution in [1.82, 2.24) is 5.32 Å². The van der Waals surface area contributed by atoms with Gasteiger partial charge >= 0.3 is 6.09 Å². The van der Waals surface area contributed by atoms with E-state index in [0.717, 1.165) is 19.4 Å². The summed E-state index contributed by atoms with van der Waals surface area (Å²) in [5, 5.41) is 11.9. The Morgan fingerprint density at radius 1 is 1.59 bits per heavy atom. The second-order valence-electron chi connectivity index (χ2n) is 5.49. The molecule has 17 heavy (non-hydrogen) atoms. The molecule has 2 atom stereocenters. The number of ether oxygens (including phenoxy) is 2. The number of aliphatic hydroxyl groups excluding tert-OH is 1. The maximum Gasteiger partial charge on any atom is 0.407 e. The molecule has 2 N–H and O–H groups in total. The van der Waals surface area contributed by atoms with Crippen molar-refractivity contribution in [1.29, 1.82) is 0 Å². The smallest absolute Gasteiger partial charge is 0.407 e. The molecule has 0 aromatic carbocycles. The molecule has 0 radical (unpaired) electrons. The average molecular weight is 245 g/mol. The Bertz CT molecular complexity index is 243. The first-order valence-electron chi connectivity index (χ1n) is 6.09. The summed E-state index contributed by atoms with van der Waals surface area (Å²) in [5.74, 6) is 0.419. The van der Waals surface area contributed by atoms with Gasteiger partial charge in [0.1, 0.15) is 5.60 Å². The maximum atomic E-state index is 11.5. The molecule has 1 aliphatic heterocycles. The molecule has 1 heterocycles. The first kappa shape index (κ1) is 14.3. The molecule has 0 spiro atoms. The fraction of sp³-hybridized carbons (Fsp3) is 0.917. The molecule has 0 aromatic heterocycles. The van der Waals surface area contributed by atoms with Gasteiger partial charge in [-0.25, -0.2) is 4.79 Å². The van der Waals surface area contributed by atoms with E-state index in [9.17, 15) is 9.90 Å². The first-order chi connectivity index (χ1) is 7.90. The van der Waals surface area contributed by atoms with Gasteiger partial charge in [0.2, 0.25) is 0 Å². The van der Waals surface area contributed by atoms with Gasteiger partial charge < -0.3 is 19.9 Å². The molecular weight excluding hydrogens is 222 g/mol. The molecule has 1 saturated heterocycles. The molecule has 1 amide bonds. The van der Waals surface area contributed by atoms with Gasteiger partial charge in [-0.3, -0.25) is 0 Å². The summed E-state index contributed by atoms with van der Waals surface area (Å²) >= 11 is 0. The number of hydrogen-bond donors (Lipinski definition) is 2. The Morgan fingerprint density at radius 2 is 2.29 bits per heavy atom. The molecule has 1 aliphatic rings. The molecule has 100 valence electrons. The van der Waals surface area contributed by atoms with Gasteiger partial charge in [0.15, 0.2) is 0 Å². The zero-order valence-electron chi connectivity index (χ0n) is 10.9. The van der Waals surface area contributed by atoms with Crippen molar-refractivity contribution in [3.8, 4) is 0 Å². The second-order valence-corrected chi connectivity index (χ2v) is 5.49. The van der Waals surface area contributed by atoms with Crippen molar-refractivity contribution in [2.45, 2.75) is 45.3 Å². The zero-order valence-corrected chi connectivity index (χ0v) is 10.9. The lowest BCUT2D eigenvalue weighted by molar-refractivity contribution is 0.0470. The minimum absolute atomic E-state index is 0.0737. The highest BCUT2D eigenvalue weighted by atomic mass is 16.6. The average Bonchev–Trinajstić information content (AvgIpc) is 2.66. The van der Waals surface area contributed by atoms with E-state index in [4.69, 9.17) is 9.47 Å². The number of aliphatic hydroxyl groups is 1. The van der Waals surface area contributed by atoms with Crippen LogP contribution >= 0.6 is 0 Å². The summed E-state index contributed by atoms with van der Waals surface area (Å²) in [5.41, 5.74) is -0.513. The Morgan fingerprint density at radius 3 is 2.76 bits per heavy atom. The summed E-state index contributed by atoms with van der Waals surface area (Å²) in [7, 11) is 0. The molecule has 1 fully saturated rings. The van der Waals surface area contributed by atoms with Crippen LogP contribution in [0.2, 0.25) is 0 Å². The molecular formula is C12H23NO4. The van der Waals surface area contributed by atoms with Crippen molar-refractivity contribution in [2.24, 2.45) is 5.92 Å². The van der Waals surface area contributed by atoms with E-state index < -0.39 is 11.7 Å². The second kappa shape index (κ2) is 6.21. The highest BCUT2D eigenvalue weighted by Gasteiger charge is 2.23. The van der Waals surface area contributed by atoms with Crippen molar-refractivity contribution >= 4 is 6.09 Å². The van der Waals surface area contributed by atoms with Crippen molar-refractivity contribution in [3.63, 3.8) is 0 Å². The third kappa shape index (κ3) is 5.89. The number of rotatable bonds is 4. The summed E-state index contributed by atoms with van der Waals surface area (Å²) < 4.78 is 10.4. The minimum Gasteiger partial charge on any atom is -0.444 e. The standard InChI is InChI=1S/C12H23NO4/c1-12(2,3)17-11(15)13-10(7-14)6-9-4-5-16-8-9/h9-10,14H,4-8H2,1-3H3,(H,13,15)/t9?,10-/m0/s1. The monoisotopic (exact) mass is 245 g/mol. The van der Waals surface area contributed by atoms with Crippen molar-refractivity contribution < 1.29 is 19.4 Å². The van der Waals surface area contributed by atoms with E-state index >= 15 is 0 Å². The molecule has 0 bridgehead atoms. The topological polar surface area (TPSA) is 67.8 Å². The zero-order chi connectivity index (χ0) is 12.9. The Labute approximate surface area is 102 Å². The van der Waals surface area contributed by atoms with Gasteiger partial charge in [0, 0.05) is 13.2 Å². The number of alkyl carbamates (subject to hydrolysis) is 1. The highest BCUT2D eigenvalue weighted by molar-refractivity contribution is 5.68. The third-order valence-electron chi connectivity index (χ3n) is 2.58. The van der Waals surface area contributed by atoms with Gasteiger partial charge in [0.25, 0.3) is 0 Å². The van der Waals surface area contributed by atoms with Crippen LogP contribution in [0.1, 0.15) is 33.6 Å². The molecule has 5 heteroatoms. The molecule has 1 unspecified atom stereocenters. The summed E-state index contributed by atoms with van der Waals surface area (Å²) in [6, 6.07) is -0.253. The van der Waals surface area contributed by atoms with E-state index in [1.807, 2.05) is 20.8 Å². The predicted molar refractivity (Wildman–Crippen MR) is 63.8 cm³/mol. The third-order valence-corrected chi connectivity index (χ3v) is 2.58. The lowest BCUT2D eigenvalue weighted by atomic mass is 10.00. The van der Waals surface area contributed by atoms with Crippen LogP contribution in [0.4, 0.5) is 4.79 Å². The van der Waals surface area contributed by atoms with Gasteiger partial charge in [-0.15, -0.1) is 0 Å². The SMILES string of the molecule is CC(C)(C)OC(=O)N[C@H](CO)CC1CCOC1. The van der Waals surface area contributed by atoms with Crippen LogP contribution < -0.4 is 5.32 Å². The van der Waals surface area contributed by atoms with E-state index in [0.29, 0.717) is 12.5 Å². The van der Waals surface area contributed by atoms with Crippen LogP contribution in [-0.2, 0) is 9.47 Å². The molecule has 0 aromatic rings. The van der Waals surface area contributed by atoms with Gasteiger partial charge in [-0.2, -0.15) is 0 Å². The predicted octanol–water partition coefficient (Wildman–Crippen LogP) is 1.30. The first-order valence-corrected chi connectivity index (χ1v) is 6.09. The Balaban J connectivity index is 2.32. The summed E-state index contributed by atoms with van der Waals surface area (Å²) in [6.45, 7) is 6.85. The number of carbonyl (C=O) groups excluding carboxylic acids is 1. The van der Waals surface area contributed by atoms with E-state index in [1.165, 1.54) is 0 Å². The van der Waals surface area contributed by atoms with E-state index in [1.54, 1.807) is 0 Å². The van der Waals surface area contributed by atoms with Gasteiger partial charge in [0.05, 0.1) is 12.6 Å². The van der Waals surface area contributed by atoms with Crippen molar-refractivity contribution in [2.75, 3.05) is 19.8 Å². The molecule has 0 aliphatic carbocycles. The fourth-order valence-corrected chi connectivity index (χ4v) is 1.82. The molecule has 5 nitrogen and oxygen atoms in total. The molecule has 1 rings (SSSR count). The largest absolute Gasteiger partial charge is 0.444 e. The number of carbonyl (C=O) groups is 1. The van der Waals surface area contributed by atoms with Crippen LogP contribution in [-0.4, -0.2) is 42.7 Å². The highest BCUT2D eigenvalue weighted by Crippen LogP contribution is 2.18. The number of nitrogens with one attached hydrogen (secondary N) is 1. The lowest BCUT2D eigenvalue weighted by Crippen LogP contribution is -2.42. The van der Waals surface area contributed by atoms with Crippen LogP contribution in [0, 0.1) is 5.92 Å². The minimum atomic E-state index is -0.513. The quantitative estimate of drug-likeness (QED) is 0.783. The van der Waals surface area contributed by atoms with Gasteiger partial charge in [-0.05, 0) is 39.5 Å². The van der Waals surface area contributed by atoms with Crippen LogP contribution in [0.5, 0.6) is 0 Å². The van der Waals surface area contributed by atoms with E-state index in [-0.39, 0.29) is 12.6 Å². The molecule has 0 saturated carbocycles.